The Labute approximate surface area is 172 Å². The summed E-state index contributed by atoms with van der Waals surface area (Å²) in [6, 6.07) is 5.85. The third-order valence-electron chi connectivity index (χ3n) is 5.36. The van der Waals surface area contributed by atoms with Crippen LogP contribution in [0.15, 0.2) is 24.4 Å². The molecule has 0 spiro atoms. The lowest BCUT2D eigenvalue weighted by atomic mass is 10.1. The molecule has 2 aromatic heterocycles. The van der Waals surface area contributed by atoms with Crippen LogP contribution in [-0.4, -0.2) is 57.2 Å². The van der Waals surface area contributed by atoms with E-state index in [0.717, 1.165) is 49.6 Å². The minimum atomic E-state index is -0.487. The third-order valence-corrected chi connectivity index (χ3v) is 5.36. The van der Waals surface area contributed by atoms with E-state index in [2.05, 4.69) is 16.8 Å². The summed E-state index contributed by atoms with van der Waals surface area (Å²) in [7, 11) is 0. The fourth-order valence-corrected chi connectivity index (χ4v) is 4.03. The van der Waals surface area contributed by atoms with Crippen molar-refractivity contribution in [3.63, 3.8) is 0 Å². The number of aryl methyl sites for hydroxylation is 1. The molecular weight excluding hydrogens is 366 g/mol. The van der Waals surface area contributed by atoms with Gasteiger partial charge in [-0.3, -0.25) is 4.98 Å². The van der Waals surface area contributed by atoms with Crippen LogP contribution in [0.2, 0.25) is 0 Å². The maximum atomic E-state index is 12.5. The lowest BCUT2D eigenvalue weighted by Crippen LogP contribution is -2.55. The average Bonchev–Trinajstić information content (AvgIpc) is 3.15. The quantitative estimate of drug-likeness (QED) is 0.775. The molecule has 1 aliphatic heterocycles. The molecule has 1 fully saturated rings. The van der Waals surface area contributed by atoms with E-state index in [-0.39, 0.29) is 12.1 Å². The summed E-state index contributed by atoms with van der Waals surface area (Å²) in [6.07, 6.45) is 4.63. The van der Waals surface area contributed by atoms with Gasteiger partial charge < -0.3 is 14.5 Å². The molecule has 1 saturated heterocycles. The standard InChI is InChI=1S/C22H29N5O2/c1-15-14-26(12-13-27(15)21(28)29-22(2,3)4)20-16-8-7-10-17(16)24-19(25-20)18-9-5-6-11-23-18/h5-6,9,11,15H,7-8,10,12-14H2,1-4H3/t15-/m1/s1. The van der Waals surface area contributed by atoms with E-state index in [0.29, 0.717) is 12.4 Å². The van der Waals surface area contributed by atoms with Gasteiger partial charge in [0.1, 0.15) is 17.1 Å². The van der Waals surface area contributed by atoms with Crippen LogP contribution in [0.4, 0.5) is 10.6 Å². The van der Waals surface area contributed by atoms with Crippen LogP contribution in [0, 0.1) is 0 Å². The monoisotopic (exact) mass is 395 g/mol. The Kier molecular flexibility index (Phi) is 5.15. The Bertz CT molecular complexity index is 894. The van der Waals surface area contributed by atoms with Gasteiger partial charge in [-0.15, -0.1) is 0 Å². The molecule has 0 radical (unpaired) electrons. The predicted octanol–water partition coefficient (Wildman–Crippen LogP) is 3.47. The number of amides is 1. The average molecular weight is 396 g/mol. The molecule has 2 aromatic rings. The lowest BCUT2D eigenvalue weighted by Gasteiger charge is -2.41. The zero-order chi connectivity index (χ0) is 20.6. The second-order valence-corrected chi connectivity index (χ2v) is 8.83. The van der Waals surface area contributed by atoms with Gasteiger partial charge in [-0.25, -0.2) is 14.8 Å². The van der Waals surface area contributed by atoms with Crippen molar-refractivity contribution < 1.29 is 9.53 Å². The summed E-state index contributed by atoms with van der Waals surface area (Å²) in [5.41, 5.74) is 2.70. The first-order chi connectivity index (χ1) is 13.8. The van der Waals surface area contributed by atoms with Gasteiger partial charge in [0.05, 0.1) is 0 Å². The van der Waals surface area contributed by atoms with Crippen LogP contribution in [0.3, 0.4) is 0 Å². The highest BCUT2D eigenvalue weighted by Gasteiger charge is 2.33. The van der Waals surface area contributed by atoms with E-state index in [4.69, 9.17) is 14.7 Å². The van der Waals surface area contributed by atoms with Crippen molar-refractivity contribution in [1.82, 2.24) is 19.9 Å². The number of nitrogens with zero attached hydrogens (tertiary/aromatic N) is 5. The Morgan fingerprint density at radius 3 is 2.69 bits per heavy atom. The molecule has 0 bridgehead atoms. The SMILES string of the molecule is C[C@@H]1CN(c2nc(-c3ccccn3)nc3c2CCC3)CCN1C(=O)OC(C)(C)C. The number of carbonyl (C=O) groups is 1. The first-order valence-corrected chi connectivity index (χ1v) is 10.4. The van der Waals surface area contributed by atoms with Crippen LogP contribution >= 0.6 is 0 Å². The molecule has 7 heteroatoms. The van der Waals surface area contributed by atoms with Gasteiger partial charge in [-0.1, -0.05) is 6.07 Å². The summed E-state index contributed by atoms with van der Waals surface area (Å²) in [5, 5.41) is 0. The van der Waals surface area contributed by atoms with Crippen molar-refractivity contribution >= 4 is 11.9 Å². The maximum absolute atomic E-state index is 12.5. The first kappa shape index (κ1) is 19.6. The zero-order valence-corrected chi connectivity index (χ0v) is 17.7. The number of aromatic nitrogens is 3. The van der Waals surface area contributed by atoms with E-state index in [1.807, 2.05) is 43.9 Å². The molecule has 1 aliphatic carbocycles. The minimum absolute atomic E-state index is 0.0453. The fourth-order valence-electron chi connectivity index (χ4n) is 4.03. The Morgan fingerprint density at radius 1 is 1.17 bits per heavy atom. The van der Waals surface area contributed by atoms with Crippen molar-refractivity contribution in [1.29, 1.82) is 0 Å². The number of carbonyl (C=O) groups excluding carboxylic acids is 1. The maximum Gasteiger partial charge on any atom is 0.410 e. The Morgan fingerprint density at radius 2 is 2.00 bits per heavy atom. The molecule has 154 valence electrons. The molecular formula is C22H29N5O2. The number of fused-ring (bicyclic) bond motifs is 1. The molecule has 2 aliphatic rings. The molecule has 0 aromatic carbocycles. The first-order valence-electron chi connectivity index (χ1n) is 10.4. The van der Waals surface area contributed by atoms with E-state index < -0.39 is 5.60 Å². The van der Waals surface area contributed by atoms with Crippen LogP contribution in [0.1, 0.15) is 45.4 Å². The normalized spacial score (nSPS) is 19.2. The van der Waals surface area contributed by atoms with Crippen molar-refractivity contribution in [3.05, 3.63) is 35.7 Å². The zero-order valence-electron chi connectivity index (χ0n) is 17.7. The summed E-state index contributed by atoms with van der Waals surface area (Å²) in [4.78, 5) is 30.8. The molecule has 7 nitrogen and oxygen atoms in total. The summed E-state index contributed by atoms with van der Waals surface area (Å²) in [5.74, 6) is 1.69. The second kappa shape index (κ2) is 7.61. The summed E-state index contributed by atoms with van der Waals surface area (Å²) < 4.78 is 5.57. The highest BCUT2D eigenvalue weighted by molar-refractivity contribution is 5.69. The van der Waals surface area contributed by atoms with Gasteiger partial charge in [0, 0.05) is 43.1 Å². The van der Waals surface area contributed by atoms with Crippen molar-refractivity contribution in [2.45, 2.75) is 58.6 Å². The smallest absolute Gasteiger partial charge is 0.410 e. The molecule has 3 heterocycles. The largest absolute Gasteiger partial charge is 0.444 e. The molecule has 4 rings (SSSR count). The van der Waals surface area contributed by atoms with E-state index in [1.165, 1.54) is 5.56 Å². The minimum Gasteiger partial charge on any atom is -0.444 e. The summed E-state index contributed by atoms with van der Waals surface area (Å²) >= 11 is 0. The molecule has 0 saturated carbocycles. The van der Waals surface area contributed by atoms with Crippen molar-refractivity contribution in [2.75, 3.05) is 24.5 Å². The number of hydrogen-bond donors (Lipinski definition) is 0. The van der Waals surface area contributed by atoms with E-state index in [9.17, 15) is 4.79 Å². The van der Waals surface area contributed by atoms with Crippen molar-refractivity contribution in [3.8, 4) is 11.5 Å². The number of rotatable bonds is 2. The van der Waals surface area contributed by atoms with Crippen LogP contribution in [0.25, 0.3) is 11.5 Å². The van der Waals surface area contributed by atoms with Gasteiger partial charge in [0.25, 0.3) is 0 Å². The molecule has 0 unspecified atom stereocenters. The van der Waals surface area contributed by atoms with Gasteiger partial charge in [-0.05, 0) is 59.1 Å². The van der Waals surface area contributed by atoms with E-state index >= 15 is 0 Å². The third kappa shape index (κ3) is 4.18. The van der Waals surface area contributed by atoms with Crippen LogP contribution < -0.4 is 4.90 Å². The van der Waals surface area contributed by atoms with Crippen LogP contribution in [0.5, 0.6) is 0 Å². The van der Waals surface area contributed by atoms with Gasteiger partial charge >= 0.3 is 6.09 Å². The molecule has 0 N–H and O–H groups in total. The fraction of sp³-hybridized carbons (Fsp3) is 0.545. The highest BCUT2D eigenvalue weighted by Crippen LogP contribution is 2.32. The van der Waals surface area contributed by atoms with Crippen LogP contribution in [-0.2, 0) is 17.6 Å². The number of hydrogen-bond acceptors (Lipinski definition) is 6. The number of piperazine rings is 1. The predicted molar refractivity (Wildman–Crippen MR) is 112 cm³/mol. The van der Waals surface area contributed by atoms with Gasteiger partial charge in [0.2, 0.25) is 0 Å². The molecule has 29 heavy (non-hydrogen) atoms. The summed E-state index contributed by atoms with van der Waals surface area (Å²) in [6.45, 7) is 9.84. The van der Waals surface area contributed by atoms with Gasteiger partial charge in [-0.2, -0.15) is 0 Å². The Hall–Kier alpha value is -2.70. The number of pyridine rings is 1. The molecule has 1 atom stereocenters. The van der Waals surface area contributed by atoms with Crippen molar-refractivity contribution in [2.24, 2.45) is 0 Å². The molecule has 1 amide bonds. The highest BCUT2D eigenvalue weighted by atomic mass is 16.6. The Balaban J connectivity index is 1.58. The number of ether oxygens (including phenoxy) is 1. The topological polar surface area (TPSA) is 71.5 Å². The lowest BCUT2D eigenvalue weighted by molar-refractivity contribution is 0.0158. The number of anilines is 1. The van der Waals surface area contributed by atoms with E-state index in [1.54, 1.807) is 6.20 Å². The second-order valence-electron chi connectivity index (χ2n) is 8.83. The van der Waals surface area contributed by atoms with Gasteiger partial charge in [0.15, 0.2) is 5.82 Å².